The Balaban J connectivity index is 0.000000597. The Morgan fingerprint density at radius 1 is 1.00 bits per heavy atom. The van der Waals surface area contributed by atoms with Crippen LogP contribution in [0.2, 0.25) is 0 Å². The molecule has 174 valence electrons. The van der Waals surface area contributed by atoms with Crippen LogP contribution in [-0.2, 0) is 9.59 Å². The van der Waals surface area contributed by atoms with E-state index in [0.717, 1.165) is 50.4 Å². The number of hydroxylamine groups is 1. The fourth-order valence-corrected chi connectivity index (χ4v) is 4.04. The van der Waals surface area contributed by atoms with Gasteiger partial charge in [-0.05, 0) is 62.3 Å². The molecular weight excluding hydrogens is 390 g/mol. The van der Waals surface area contributed by atoms with Crippen LogP contribution in [0.15, 0.2) is 24.3 Å². The quantitative estimate of drug-likeness (QED) is 0.316. The topological polar surface area (TPSA) is 72.9 Å². The maximum atomic E-state index is 12.0. The summed E-state index contributed by atoms with van der Waals surface area (Å²) in [6, 6.07) is 8.31. The van der Waals surface area contributed by atoms with Gasteiger partial charge in [-0.2, -0.15) is 0 Å². The SMILES string of the molecule is CC(=O)N(CCCCCCC(=O)NO)c1ccc(N2CCCCC2)cc1.CC1CCC1. The van der Waals surface area contributed by atoms with Crippen LogP contribution in [0.25, 0.3) is 0 Å². The van der Waals surface area contributed by atoms with Gasteiger partial charge >= 0.3 is 0 Å². The maximum Gasteiger partial charge on any atom is 0.243 e. The summed E-state index contributed by atoms with van der Waals surface area (Å²) in [5.41, 5.74) is 3.82. The van der Waals surface area contributed by atoms with Crippen LogP contribution in [-0.4, -0.2) is 36.7 Å². The number of hydrogen-bond donors (Lipinski definition) is 2. The fourth-order valence-electron chi connectivity index (χ4n) is 4.04. The molecule has 0 radical (unpaired) electrons. The van der Waals surface area contributed by atoms with Crippen molar-refractivity contribution in [3.63, 3.8) is 0 Å². The van der Waals surface area contributed by atoms with E-state index in [1.807, 2.05) is 17.0 Å². The highest BCUT2D eigenvalue weighted by Gasteiger charge is 2.14. The Morgan fingerprint density at radius 2 is 1.61 bits per heavy atom. The van der Waals surface area contributed by atoms with Crippen LogP contribution in [0.5, 0.6) is 0 Å². The van der Waals surface area contributed by atoms with E-state index in [0.29, 0.717) is 13.0 Å². The molecule has 0 unspecified atom stereocenters. The molecule has 0 spiro atoms. The molecule has 1 aliphatic carbocycles. The van der Waals surface area contributed by atoms with Crippen molar-refractivity contribution in [3.05, 3.63) is 24.3 Å². The predicted molar refractivity (Wildman–Crippen MR) is 127 cm³/mol. The molecule has 1 heterocycles. The summed E-state index contributed by atoms with van der Waals surface area (Å²) in [4.78, 5) is 27.2. The van der Waals surface area contributed by atoms with Gasteiger partial charge in [0.15, 0.2) is 0 Å². The van der Waals surface area contributed by atoms with Gasteiger partial charge in [-0.25, -0.2) is 5.48 Å². The molecule has 1 aromatic carbocycles. The third-order valence-electron chi connectivity index (χ3n) is 6.32. The van der Waals surface area contributed by atoms with Gasteiger partial charge in [0.05, 0.1) is 0 Å². The van der Waals surface area contributed by atoms with Crippen molar-refractivity contribution in [2.24, 2.45) is 5.92 Å². The van der Waals surface area contributed by atoms with E-state index in [-0.39, 0.29) is 11.8 Å². The summed E-state index contributed by atoms with van der Waals surface area (Å²) in [7, 11) is 0. The number of carbonyl (C=O) groups is 2. The summed E-state index contributed by atoms with van der Waals surface area (Å²) >= 11 is 0. The second-order valence-electron chi connectivity index (χ2n) is 8.97. The normalized spacial score (nSPS) is 16.0. The van der Waals surface area contributed by atoms with E-state index in [4.69, 9.17) is 5.21 Å². The van der Waals surface area contributed by atoms with Crippen LogP contribution in [0.4, 0.5) is 11.4 Å². The molecule has 2 N–H and O–H groups in total. The van der Waals surface area contributed by atoms with Crippen molar-refractivity contribution in [1.29, 1.82) is 0 Å². The van der Waals surface area contributed by atoms with Crippen molar-refractivity contribution < 1.29 is 14.8 Å². The highest BCUT2D eigenvalue weighted by molar-refractivity contribution is 5.91. The zero-order valence-electron chi connectivity index (χ0n) is 19.4. The van der Waals surface area contributed by atoms with Crippen LogP contribution in [0.3, 0.4) is 0 Å². The van der Waals surface area contributed by atoms with Crippen molar-refractivity contribution in [2.75, 3.05) is 29.4 Å². The smallest absolute Gasteiger partial charge is 0.243 e. The first-order valence-corrected chi connectivity index (χ1v) is 12.1. The summed E-state index contributed by atoms with van der Waals surface area (Å²) in [5.74, 6) is 0.773. The van der Waals surface area contributed by atoms with Gasteiger partial charge in [0.1, 0.15) is 0 Å². The van der Waals surface area contributed by atoms with Gasteiger partial charge in [0, 0.05) is 44.4 Å². The third-order valence-corrected chi connectivity index (χ3v) is 6.32. The van der Waals surface area contributed by atoms with Crippen LogP contribution < -0.4 is 15.3 Å². The number of carbonyl (C=O) groups excluding carboxylic acids is 2. The molecule has 2 aliphatic rings. The zero-order chi connectivity index (χ0) is 22.5. The minimum atomic E-state index is -0.343. The van der Waals surface area contributed by atoms with Crippen LogP contribution >= 0.6 is 0 Å². The Hall–Kier alpha value is -2.08. The number of anilines is 2. The molecule has 1 aliphatic heterocycles. The number of benzene rings is 1. The van der Waals surface area contributed by atoms with Crippen LogP contribution in [0.1, 0.15) is 84.5 Å². The molecule has 1 saturated heterocycles. The molecule has 1 saturated carbocycles. The Morgan fingerprint density at radius 3 is 2.13 bits per heavy atom. The minimum absolute atomic E-state index is 0.0513. The zero-order valence-corrected chi connectivity index (χ0v) is 19.4. The first-order valence-electron chi connectivity index (χ1n) is 12.1. The Kier molecular flexibility index (Phi) is 11.4. The summed E-state index contributed by atoms with van der Waals surface area (Å²) in [6.45, 7) is 6.83. The molecule has 3 rings (SSSR count). The lowest BCUT2D eigenvalue weighted by Gasteiger charge is -2.29. The molecule has 1 aromatic rings. The van der Waals surface area contributed by atoms with E-state index in [1.165, 1.54) is 44.2 Å². The molecule has 0 bridgehead atoms. The highest BCUT2D eigenvalue weighted by atomic mass is 16.5. The van der Waals surface area contributed by atoms with Crippen molar-refractivity contribution in [2.45, 2.75) is 84.5 Å². The summed E-state index contributed by atoms with van der Waals surface area (Å²) in [5, 5.41) is 8.45. The monoisotopic (exact) mass is 431 g/mol. The van der Waals surface area contributed by atoms with Gasteiger partial charge in [0.25, 0.3) is 0 Å². The lowest BCUT2D eigenvalue weighted by Crippen LogP contribution is -2.30. The van der Waals surface area contributed by atoms with E-state index in [9.17, 15) is 9.59 Å². The average molecular weight is 432 g/mol. The van der Waals surface area contributed by atoms with E-state index in [2.05, 4.69) is 24.0 Å². The number of nitrogens with zero attached hydrogens (tertiary/aromatic N) is 2. The lowest BCUT2D eigenvalue weighted by atomic mass is 9.88. The number of hydrogen-bond acceptors (Lipinski definition) is 4. The number of piperidine rings is 1. The van der Waals surface area contributed by atoms with Crippen molar-refractivity contribution in [3.8, 4) is 0 Å². The van der Waals surface area contributed by atoms with Crippen molar-refractivity contribution >= 4 is 23.2 Å². The minimum Gasteiger partial charge on any atom is -0.372 e. The second kappa shape index (κ2) is 14.1. The Labute approximate surface area is 188 Å². The van der Waals surface area contributed by atoms with Gasteiger partial charge in [-0.15, -0.1) is 0 Å². The standard InChI is InChI=1S/C20H31N3O3.C5H10/c1-17(24)23(16-8-3-2-5-9-20(25)21-26)19-12-10-18(11-13-19)22-14-6-4-7-15-22;1-5-3-2-4-5/h10-13,26H,2-9,14-16H2,1H3,(H,21,25);5H,2-4H2,1H3. The highest BCUT2D eigenvalue weighted by Crippen LogP contribution is 2.25. The number of nitrogens with one attached hydrogen (secondary N) is 1. The first kappa shape index (κ1) is 25.2. The lowest BCUT2D eigenvalue weighted by molar-refractivity contribution is -0.129. The molecule has 6 heteroatoms. The summed E-state index contributed by atoms with van der Waals surface area (Å²) in [6.07, 6.45) is 12.1. The fraction of sp³-hybridized carbons (Fsp3) is 0.680. The van der Waals surface area contributed by atoms with E-state index < -0.39 is 0 Å². The first-order chi connectivity index (χ1) is 15.0. The van der Waals surface area contributed by atoms with Crippen LogP contribution in [0, 0.1) is 5.92 Å². The average Bonchev–Trinajstić information content (AvgIpc) is 2.78. The van der Waals surface area contributed by atoms with Crippen molar-refractivity contribution in [1.82, 2.24) is 5.48 Å². The largest absolute Gasteiger partial charge is 0.372 e. The number of amides is 2. The predicted octanol–water partition coefficient (Wildman–Crippen LogP) is 5.29. The molecule has 6 nitrogen and oxygen atoms in total. The maximum absolute atomic E-state index is 12.0. The second-order valence-corrected chi connectivity index (χ2v) is 8.97. The third kappa shape index (κ3) is 9.30. The number of rotatable bonds is 9. The van der Waals surface area contributed by atoms with E-state index in [1.54, 1.807) is 12.4 Å². The molecular formula is C25H41N3O3. The molecule has 0 aromatic heterocycles. The summed E-state index contributed by atoms with van der Waals surface area (Å²) < 4.78 is 0. The van der Waals surface area contributed by atoms with Gasteiger partial charge in [-0.3, -0.25) is 14.8 Å². The van der Waals surface area contributed by atoms with Gasteiger partial charge in [-0.1, -0.05) is 39.0 Å². The molecule has 0 atom stereocenters. The Bertz CT molecular complexity index is 652. The number of unbranched alkanes of at least 4 members (excludes halogenated alkanes) is 3. The van der Waals surface area contributed by atoms with Gasteiger partial charge < -0.3 is 9.80 Å². The van der Waals surface area contributed by atoms with Gasteiger partial charge in [0.2, 0.25) is 11.8 Å². The van der Waals surface area contributed by atoms with E-state index >= 15 is 0 Å². The molecule has 31 heavy (non-hydrogen) atoms. The molecule has 2 amide bonds. The molecule has 2 fully saturated rings.